The molecule has 0 amide bonds. The summed E-state index contributed by atoms with van der Waals surface area (Å²) in [6.07, 6.45) is 0. The summed E-state index contributed by atoms with van der Waals surface area (Å²) in [4.78, 5) is 0. The number of aromatic hydroxyl groups is 2. The summed E-state index contributed by atoms with van der Waals surface area (Å²) in [7, 11) is 0. The van der Waals surface area contributed by atoms with Crippen LogP contribution in [-0.2, 0) is 12.0 Å². The Morgan fingerprint density at radius 2 is 1.95 bits per heavy atom. The molecule has 0 aliphatic heterocycles. The van der Waals surface area contributed by atoms with E-state index in [1.54, 1.807) is 16.7 Å². The summed E-state index contributed by atoms with van der Waals surface area (Å²) < 4.78 is 1.56. The third-order valence-corrected chi connectivity index (χ3v) is 3.50. The van der Waals surface area contributed by atoms with E-state index in [1.807, 2.05) is 39.0 Å². The van der Waals surface area contributed by atoms with Crippen LogP contribution in [0.3, 0.4) is 0 Å². The van der Waals surface area contributed by atoms with Crippen LogP contribution >= 0.6 is 11.6 Å². The average molecular weight is 305 g/mol. The lowest BCUT2D eigenvalue weighted by Gasteiger charge is -2.22. The Hall–Kier alpha value is -2.12. The van der Waals surface area contributed by atoms with Gasteiger partial charge in [0.25, 0.3) is 0 Å². The lowest BCUT2D eigenvalue weighted by Crippen LogP contribution is -2.18. The number of rotatable bonds is 2. The van der Waals surface area contributed by atoms with Crippen LogP contribution in [0.1, 0.15) is 37.6 Å². The van der Waals surface area contributed by atoms with Gasteiger partial charge in [0, 0.05) is 10.4 Å². The molecule has 0 aliphatic carbocycles. The van der Waals surface area contributed by atoms with Crippen LogP contribution in [0.15, 0.2) is 24.3 Å². The van der Waals surface area contributed by atoms with Crippen molar-refractivity contribution in [1.29, 1.82) is 5.26 Å². The molecule has 0 aliphatic rings. The largest absolute Gasteiger partial charge is 0.505 e. The lowest BCUT2D eigenvalue weighted by atomic mass is 9.91. The molecule has 2 aromatic rings. The van der Waals surface area contributed by atoms with E-state index >= 15 is 0 Å². The van der Waals surface area contributed by atoms with Gasteiger partial charge in [-0.3, -0.25) is 0 Å². The molecule has 4 nitrogen and oxygen atoms in total. The van der Waals surface area contributed by atoms with Crippen molar-refractivity contribution in [2.75, 3.05) is 0 Å². The smallest absolute Gasteiger partial charge is 0.213 e. The van der Waals surface area contributed by atoms with Gasteiger partial charge in [-0.2, -0.15) is 5.26 Å². The molecule has 0 fully saturated rings. The van der Waals surface area contributed by atoms with Crippen LogP contribution in [0.4, 0.5) is 0 Å². The highest BCUT2D eigenvalue weighted by molar-refractivity contribution is 6.30. The summed E-state index contributed by atoms with van der Waals surface area (Å²) in [6.45, 7) is 6.07. The second-order valence-corrected chi connectivity index (χ2v) is 6.41. The second kappa shape index (κ2) is 5.34. The third-order valence-electron chi connectivity index (χ3n) is 3.26. The van der Waals surface area contributed by atoms with Crippen molar-refractivity contribution in [3.63, 3.8) is 0 Å². The fourth-order valence-corrected chi connectivity index (χ4v) is 2.64. The van der Waals surface area contributed by atoms with Gasteiger partial charge in [-0.25, -0.2) is 0 Å². The molecular formula is C16H17ClN2O2. The van der Waals surface area contributed by atoms with E-state index in [-0.39, 0.29) is 17.2 Å². The summed E-state index contributed by atoms with van der Waals surface area (Å²) in [5, 5.41) is 30.2. The summed E-state index contributed by atoms with van der Waals surface area (Å²) in [5.41, 5.74) is 0.885. The number of aromatic nitrogens is 1. The van der Waals surface area contributed by atoms with E-state index in [4.69, 9.17) is 16.9 Å². The van der Waals surface area contributed by atoms with Gasteiger partial charge in [0.05, 0.1) is 12.2 Å². The number of hydrogen-bond acceptors (Lipinski definition) is 3. The molecule has 0 radical (unpaired) electrons. The summed E-state index contributed by atoms with van der Waals surface area (Å²) in [6, 6.07) is 9.10. The van der Waals surface area contributed by atoms with Crippen LogP contribution in [0.2, 0.25) is 5.02 Å². The van der Waals surface area contributed by atoms with Gasteiger partial charge in [-0.05, 0) is 17.7 Å². The van der Waals surface area contributed by atoms with Crippen LogP contribution in [-0.4, -0.2) is 14.8 Å². The molecule has 0 spiro atoms. The first-order valence-corrected chi connectivity index (χ1v) is 6.93. The number of nitrogens with zero attached hydrogens (tertiary/aromatic N) is 2. The number of hydrogen-bond donors (Lipinski definition) is 2. The quantitative estimate of drug-likeness (QED) is 0.887. The highest BCUT2D eigenvalue weighted by Gasteiger charge is 2.30. The predicted molar refractivity (Wildman–Crippen MR) is 81.7 cm³/mol. The monoisotopic (exact) mass is 304 g/mol. The molecule has 2 rings (SSSR count). The number of halogens is 1. The number of benzene rings is 1. The van der Waals surface area contributed by atoms with E-state index in [1.165, 1.54) is 0 Å². The van der Waals surface area contributed by atoms with E-state index in [2.05, 4.69) is 0 Å². The summed E-state index contributed by atoms with van der Waals surface area (Å²) >= 11 is 5.97. The molecule has 0 saturated carbocycles. The van der Waals surface area contributed by atoms with Crippen LogP contribution in [0.25, 0.3) is 0 Å². The molecule has 1 aromatic heterocycles. The maximum absolute atomic E-state index is 10.2. The average Bonchev–Trinajstić information content (AvgIpc) is 2.60. The molecule has 2 N–H and O–H groups in total. The molecule has 0 bridgehead atoms. The minimum Gasteiger partial charge on any atom is -0.505 e. The van der Waals surface area contributed by atoms with Crippen LogP contribution in [0.5, 0.6) is 11.6 Å². The van der Waals surface area contributed by atoms with Crippen molar-refractivity contribution in [3.8, 4) is 17.7 Å². The van der Waals surface area contributed by atoms with Crippen molar-refractivity contribution >= 4 is 11.6 Å². The topological polar surface area (TPSA) is 69.2 Å². The Morgan fingerprint density at radius 1 is 1.29 bits per heavy atom. The Balaban J connectivity index is 2.60. The van der Waals surface area contributed by atoms with E-state index in [9.17, 15) is 10.2 Å². The van der Waals surface area contributed by atoms with Crippen LogP contribution in [0, 0.1) is 11.3 Å². The maximum Gasteiger partial charge on any atom is 0.213 e. The zero-order chi connectivity index (χ0) is 15.8. The normalized spacial score (nSPS) is 11.4. The fourth-order valence-electron chi connectivity index (χ4n) is 2.43. The van der Waals surface area contributed by atoms with Crippen molar-refractivity contribution < 1.29 is 10.2 Å². The van der Waals surface area contributed by atoms with Gasteiger partial charge in [-0.15, -0.1) is 0 Å². The Bertz CT molecular complexity index is 721. The molecule has 1 aromatic carbocycles. The molecule has 0 saturated heterocycles. The zero-order valence-corrected chi connectivity index (χ0v) is 12.9. The standard InChI is InChI=1S/C16H17ClN2O2/c1-16(2,3)14-13(20)12(8-18)15(21)19(14)9-10-5-4-6-11(17)7-10/h4-7,20-21H,9H2,1-3H3. The lowest BCUT2D eigenvalue weighted by molar-refractivity contribution is 0.401. The minimum atomic E-state index is -0.421. The highest BCUT2D eigenvalue weighted by Crippen LogP contribution is 2.41. The highest BCUT2D eigenvalue weighted by atomic mass is 35.5. The van der Waals surface area contributed by atoms with Gasteiger partial charge in [-0.1, -0.05) is 44.5 Å². The Kier molecular flexibility index (Phi) is 3.89. The predicted octanol–water partition coefficient (Wildman–Crippen LogP) is 3.77. The second-order valence-electron chi connectivity index (χ2n) is 5.97. The van der Waals surface area contributed by atoms with Crippen LogP contribution < -0.4 is 0 Å². The molecule has 1 heterocycles. The Labute approximate surface area is 128 Å². The number of nitriles is 1. The van der Waals surface area contributed by atoms with Crippen molar-refractivity contribution in [2.45, 2.75) is 32.7 Å². The van der Waals surface area contributed by atoms with Crippen molar-refractivity contribution in [1.82, 2.24) is 4.57 Å². The fraction of sp³-hybridized carbons (Fsp3) is 0.312. The van der Waals surface area contributed by atoms with E-state index < -0.39 is 5.41 Å². The van der Waals surface area contributed by atoms with Crippen molar-refractivity contribution in [3.05, 3.63) is 46.1 Å². The van der Waals surface area contributed by atoms with E-state index in [0.717, 1.165) is 5.56 Å². The van der Waals surface area contributed by atoms with E-state index in [0.29, 0.717) is 17.3 Å². The maximum atomic E-state index is 10.2. The van der Waals surface area contributed by atoms with Gasteiger partial charge >= 0.3 is 0 Å². The van der Waals surface area contributed by atoms with Gasteiger partial charge < -0.3 is 14.8 Å². The van der Waals surface area contributed by atoms with Crippen molar-refractivity contribution in [2.24, 2.45) is 0 Å². The molecule has 0 atom stereocenters. The molecule has 0 unspecified atom stereocenters. The Morgan fingerprint density at radius 3 is 2.48 bits per heavy atom. The summed E-state index contributed by atoms with van der Waals surface area (Å²) in [5.74, 6) is -0.385. The van der Waals surface area contributed by atoms with Gasteiger partial charge in [0.15, 0.2) is 11.3 Å². The first-order chi connectivity index (χ1) is 9.75. The SMILES string of the molecule is CC(C)(C)c1c(O)c(C#N)c(O)n1Cc1cccc(Cl)c1. The molecule has 110 valence electrons. The first kappa shape index (κ1) is 15.3. The zero-order valence-electron chi connectivity index (χ0n) is 12.2. The minimum absolute atomic E-state index is 0.0954. The first-order valence-electron chi connectivity index (χ1n) is 6.55. The molecule has 5 heteroatoms. The van der Waals surface area contributed by atoms with Gasteiger partial charge in [0.1, 0.15) is 6.07 Å². The molecule has 21 heavy (non-hydrogen) atoms. The van der Waals surface area contributed by atoms with Gasteiger partial charge in [0.2, 0.25) is 5.88 Å². The molecular weight excluding hydrogens is 288 g/mol. The third kappa shape index (κ3) is 2.84.